The summed E-state index contributed by atoms with van der Waals surface area (Å²) < 4.78 is 0. The van der Waals surface area contributed by atoms with Gasteiger partial charge in [0.05, 0.1) is 0 Å². The average molecular weight is 300 g/mol. The molecule has 0 amide bonds. The molecule has 0 bridgehead atoms. The highest BCUT2D eigenvalue weighted by molar-refractivity contribution is 6.19. The molecule has 0 aliphatic rings. The number of ketones is 2. The third kappa shape index (κ3) is 3.11. The number of carbonyl (C=O) groups is 2. The van der Waals surface area contributed by atoms with Crippen LogP contribution < -0.4 is 0 Å². The first-order chi connectivity index (χ1) is 11.2. The largest absolute Gasteiger partial charge is 0.289 e. The van der Waals surface area contributed by atoms with E-state index in [-0.39, 0.29) is 11.6 Å². The second kappa shape index (κ2) is 6.41. The summed E-state index contributed by atoms with van der Waals surface area (Å²) in [7, 11) is 0. The fourth-order valence-electron chi connectivity index (χ4n) is 2.53. The molecule has 2 nitrogen and oxygen atoms in total. The zero-order valence-corrected chi connectivity index (χ0v) is 12.8. The van der Waals surface area contributed by atoms with Gasteiger partial charge in [0.2, 0.25) is 0 Å². The maximum absolute atomic E-state index is 12.8. The lowest BCUT2D eigenvalue weighted by molar-refractivity contribution is 0.100. The molecule has 0 radical (unpaired) electrons. The fraction of sp³-hybridized carbons (Fsp3) is 0.0476. The average Bonchev–Trinajstić information content (AvgIpc) is 2.62. The number of rotatable bonds is 4. The summed E-state index contributed by atoms with van der Waals surface area (Å²) in [5.74, 6) is -0.265. The van der Waals surface area contributed by atoms with Crippen molar-refractivity contribution in [1.82, 2.24) is 0 Å². The second-order valence-corrected chi connectivity index (χ2v) is 5.44. The van der Waals surface area contributed by atoms with Gasteiger partial charge in [0, 0.05) is 22.3 Å². The van der Waals surface area contributed by atoms with Crippen LogP contribution in [0, 0.1) is 6.92 Å². The molecule has 0 aromatic heterocycles. The zero-order chi connectivity index (χ0) is 16.2. The number of hydrogen-bond donors (Lipinski definition) is 0. The summed E-state index contributed by atoms with van der Waals surface area (Å²) in [4.78, 5) is 25.6. The normalized spacial score (nSPS) is 10.3. The minimum Gasteiger partial charge on any atom is -0.289 e. The topological polar surface area (TPSA) is 34.1 Å². The van der Waals surface area contributed by atoms with Gasteiger partial charge in [-0.15, -0.1) is 0 Å². The molecule has 3 rings (SSSR count). The summed E-state index contributed by atoms with van der Waals surface area (Å²) in [6, 6.07) is 23.4. The molecular weight excluding hydrogens is 284 g/mol. The first kappa shape index (κ1) is 14.9. The molecule has 23 heavy (non-hydrogen) atoms. The molecule has 0 fully saturated rings. The Morgan fingerprint density at radius 3 is 1.61 bits per heavy atom. The lowest BCUT2D eigenvalue weighted by Crippen LogP contribution is -2.11. The van der Waals surface area contributed by atoms with Gasteiger partial charge in [-0.25, -0.2) is 0 Å². The van der Waals surface area contributed by atoms with E-state index in [0.717, 1.165) is 5.56 Å². The Labute approximate surface area is 135 Å². The first-order valence-corrected chi connectivity index (χ1v) is 7.47. The van der Waals surface area contributed by atoms with E-state index in [1.54, 1.807) is 36.4 Å². The van der Waals surface area contributed by atoms with Crippen molar-refractivity contribution in [3.63, 3.8) is 0 Å². The Morgan fingerprint density at radius 2 is 1.09 bits per heavy atom. The molecule has 0 saturated heterocycles. The molecule has 3 aromatic rings. The van der Waals surface area contributed by atoms with Crippen molar-refractivity contribution < 1.29 is 9.59 Å². The van der Waals surface area contributed by atoms with Crippen LogP contribution in [0.4, 0.5) is 0 Å². The van der Waals surface area contributed by atoms with Crippen molar-refractivity contribution in [3.05, 3.63) is 107 Å². The van der Waals surface area contributed by atoms with Crippen LogP contribution >= 0.6 is 0 Å². The molecule has 0 atom stereocenters. The number of carbonyl (C=O) groups excluding carboxylic acids is 2. The van der Waals surface area contributed by atoms with E-state index >= 15 is 0 Å². The molecule has 2 heteroatoms. The minimum absolute atomic E-state index is 0.131. The van der Waals surface area contributed by atoms with Crippen LogP contribution in [0.5, 0.6) is 0 Å². The van der Waals surface area contributed by atoms with Crippen molar-refractivity contribution in [2.45, 2.75) is 6.92 Å². The summed E-state index contributed by atoms with van der Waals surface area (Å²) >= 11 is 0. The molecule has 0 heterocycles. The molecule has 0 aliphatic carbocycles. The standard InChI is InChI=1S/C21H16O2/c1-15-12-13-18(20(22)16-8-4-2-5-9-16)19(14-15)21(23)17-10-6-3-7-11-17/h2-14H,1H3. The minimum atomic E-state index is -0.134. The Hall–Kier alpha value is -3.00. The van der Waals surface area contributed by atoms with Gasteiger partial charge in [0.1, 0.15) is 0 Å². The lowest BCUT2D eigenvalue weighted by Gasteiger charge is -2.09. The second-order valence-electron chi connectivity index (χ2n) is 5.44. The van der Waals surface area contributed by atoms with E-state index in [1.807, 2.05) is 49.4 Å². The fourth-order valence-corrected chi connectivity index (χ4v) is 2.53. The molecule has 112 valence electrons. The SMILES string of the molecule is Cc1ccc(C(=O)c2ccccc2)c(C(=O)c2ccccc2)c1. The number of aryl methyl sites for hydroxylation is 1. The van der Waals surface area contributed by atoms with Gasteiger partial charge in [-0.1, -0.05) is 78.4 Å². The molecule has 0 saturated carbocycles. The Bertz CT molecular complexity index is 850. The van der Waals surface area contributed by atoms with Gasteiger partial charge in [0.25, 0.3) is 0 Å². The summed E-state index contributed by atoms with van der Waals surface area (Å²) in [6.45, 7) is 1.92. The van der Waals surface area contributed by atoms with Gasteiger partial charge >= 0.3 is 0 Å². The van der Waals surface area contributed by atoms with Crippen LogP contribution in [0.25, 0.3) is 0 Å². The van der Waals surface area contributed by atoms with Crippen LogP contribution in [0.1, 0.15) is 37.4 Å². The third-order valence-electron chi connectivity index (χ3n) is 3.74. The van der Waals surface area contributed by atoms with E-state index in [1.165, 1.54) is 0 Å². The van der Waals surface area contributed by atoms with Crippen molar-refractivity contribution >= 4 is 11.6 Å². The molecule has 0 aliphatic heterocycles. The molecule has 0 spiro atoms. The third-order valence-corrected chi connectivity index (χ3v) is 3.74. The lowest BCUT2D eigenvalue weighted by atomic mass is 9.92. The summed E-state index contributed by atoms with van der Waals surface area (Å²) in [6.07, 6.45) is 0. The van der Waals surface area contributed by atoms with Crippen LogP contribution in [-0.4, -0.2) is 11.6 Å². The van der Waals surface area contributed by atoms with E-state index < -0.39 is 0 Å². The smallest absolute Gasteiger partial charge is 0.193 e. The maximum Gasteiger partial charge on any atom is 0.193 e. The summed E-state index contributed by atoms with van der Waals surface area (Å²) in [5, 5.41) is 0. The molecule has 3 aromatic carbocycles. The van der Waals surface area contributed by atoms with Crippen molar-refractivity contribution in [1.29, 1.82) is 0 Å². The van der Waals surface area contributed by atoms with Crippen molar-refractivity contribution in [2.24, 2.45) is 0 Å². The Morgan fingerprint density at radius 1 is 0.609 bits per heavy atom. The van der Waals surface area contributed by atoms with Crippen LogP contribution in [0.15, 0.2) is 78.9 Å². The van der Waals surface area contributed by atoms with Gasteiger partial charge in [-0.2, -0.15) is 0 Å². The van der Waals surface area contributed by atoms with E-state index in [2.05, 4.69) is 0 Å². The van der Waals surface area contributed by atoms with Crippen molar-refractivity contribution in [3.8, 4) is 0 Å². The molecule has 0 unspecified atom stereocenters. The monoisotopic (exact) mass is 300 g/mol. The summed E-state index contributed by atoms with van der Waals surface area (Å²) in [5.41, 5.74) is 3.01. The molecule has 0 N–H and O–H groups in total. The quantitative estimate of drug-likeness (QED) is 0.667. The van der Waals surface area contributed by atoms with Gasteiger partial charge < -0.3 is 0 Å². The van der Waals surface area contributed by atoms with Crippen LogP contribution in [0.3, 0.4) is 0 Å². The highest BCUT2D eigenvalue weighted by atomic mass is 16.1. The Kier molecular flexibility index (Phi) is 4.15. The van der Waals surface area contributed by atoms with Crippen molar-refractivity contribution in [2.75, 3.05) is 0 Å². The maximum atomic E-state index is 12.8. The highest BCUT2D eigenvalue weighted by Gasteiger charge is 2.19. The Balaban J connectivity index is 2.09. The first-order valence-electron chi connectivity index (χ1n) is 7.47. The van der Waals surface area contributed by atoms with Gasteiger partial charge in [-0.3, -0.25) is 9.59 Å². The number of benzene rings is 3. The van der Waals surface area contributed by atoms with E-state index in [4.69, 9.17) is 0 Å². The highest BCUT2D eigenvalue weighted by Crippen LogP contribution is 2.20. The van der Waals surface area contributed by atoms with Crippen LogP contribution in [-0.2, 0) is 0 Å². The number of hydrogen-bond acceptors (Lipinski definition) is 2. The van der Waals surface area contributed by atoms with Crippen LogP contribution in [0.2, 0.25) is 0 Å². The molecular formula is C21H16O2. The van der Waals surface area contributed by atoms with E-state index in [0.29, 0.717) is 22.3 Å². The predicted octanol–water partition coefficient (Wildman–Crippen LogP) is 4.46. The predicted molar refractivity (Wildman–Crippen MR) is 90.9 cm³/mol. The zero-order valence-electron chi connectivity index (χ0n) is 12.8. The van der Waals surface area contributed by atoms with Gasteiger partial charge in [-0.05, 0) is 13.0 Å². The van der Waals surface area contributed by atoms with E-state index in [9.17, 15) is 9.59 Å². The van der Waals surface area contributed by atoms with Gasteiger partial charge in [0.15, 0.2) is 11.6 Å².